The highest BCUT2D eigenvalue weighted by Gasteiger charge is 2.34. The van der Waals surface area contributed by atoms with Gasteiger partial charge in [0.1, 0.15) is 5.69 Å². The average molecular weight is 274 g/mol. The van der Waals surface area contributed by atoms with E-state index in [4.69, 9.17) is 16.7 Å². The number of alkyl halides is 4. The van der Waals surface area contributed by atoms with Crippen molar-refractivity contribution in [2.75, 3.05) is 0 Å². The summed E-state index contributed by atoms with van der Waals surface area (Å²) in [7, 11) is 0. The van der Waals surface area contributed by atoms with Gasteiger partial charge in [0, 0.05) is 6.07 Å². The number of carboxylic acids is 1. The van der Waals surface area contributed by atoms with E-state index in [0.29, 0.717) is 6.07 Å². The molecular formula is C8H4ClF4NO3. The number of ether oxygens (including phenoxy) is 1. The third-order valence-electron chi connectivity index (χ3n) is 1.56. The van der Waals surface area contributed by atoms with Gasteiger partial charge in [-0.3, -0.25) is 0 Å². The van der Waals surface area contributed by atoms with Crippen LogP contribution in [0.2, 0.25) is 0 Å². The third-order valence-corrected chi connectivity index (χ3v) is 1.81. The number of aromatic nitrogens is 1. The average Bonchev–Trinajstić information content (AvgIpc) is 2.18. The van der Waals surface area contributed by atoms with Gasteiger partial charge in [0.25, 0.3) is 0 Å². The van der Waals surface area contributed by atoms with Crippen LogP contribution in [0.15, 0.2) is 6.07 Å². The maximum Gasteiger partial charge on any atom is 0.573 e. The zero-order valence-corrected chi connectivity index (χ0v) is 8.64. The monoisotopic (exact) mass is 273 g/mol. The first-order chi connectivity index (χ1) is 7.74. The van der Waals surface area contributed by atoms with Crippen LogP contribution < -0.4 is 4.74 Å². The topological polar surface area (TPSA) is 59.4 Å². The van der Waals surface area contributed by atoms with E-state index in [1.807, 2.05) is 0 Å². The van der Waals surface area contributed by atoms with E-state index in [-0.39, 0.29) is 0 Å². The van der Waals surface area contributed by atoms with E-state index in [2.05, 4.69) is 9.72 Å². The lowest BCUT2D eigenvalue weighted by atomic mass is 10.2. The van der Waals surface area contributed by atoms with Crippen LogP contribution in [0.1, 0.15) is 16.2 Å². The molecule has 0 saturated heterocycles. The second kappa shape index (κ2) is 4.74. The normalized spacial score (nSPS) is 11.4. The Labute approximate surface area is 96.8 Å². The number of aromatic carboxylic acids is 1. The molecule has 9 heteroatoms. The van der Waals surface area contributed by atoms with Crippen molar-refractivity contribution in [2.24, 2.45) is 0 Å². The Kier molecular flexibility index (Phi) is 3.76. The highest BCUT2D eigenvalue weighted by atomic mass is 35.5. The maximum atomic E-state index is 13.2. The number of hydrogen-bond acceptors (Lipinski definition) is 3. The van der Waals surface area contributed by atoms with E-state index in [0.717, 1.165) is 0 Å². The molecule has 94 valence electrons. The quantitative estimate of drug-likeness (QED) is 0.679. The van der Waals surface area contributed by atoms with Crippen LogP contribution >= 0.6 is 11.6 Å². The van der Waals surface area contributed by atoms with Gasteiger partial charge in [0.05, 0.1) is 5.88 Å². The molecule has 0 unspecified atom stereocenters. The maximum absolute atomic E-state index is 13.2. The fourth-order valence-electron chi connectivity index (χ4n) is 0.975. The fourth-order valence-corrected chi connectivity index (χ4v) is 1.16. The molecule has 1 rings (SSSR count). The van der Waals surface area contributed by atoms with E-state index < -0.39 is 41.2 Å². The summed E-state index contributed by atoms with van der Waals surface area (Å²) in [6, 6.07) is 0.319. The van der Waals surface area contributed by atoms with Gasteiger partial charge in [-0.2, -0.15) is 0 Å². The molecule has 0 aliphatic carbocycles. The number of nitrogens with zero attached hydrogens (tertiary/aromatic N) is 1. The number of hydrogen-bond donors (Lipinski definition) is 1. The molecule has 1 aromatic rings. The van der Waals surface area contributed by atoms with Crippen LogP contribution in [0.5, 0.6) is 5.75 Å². The molecule has 0 radical (unpaired) electrons. The van der Waals surface area contributed by atoms with Gasteiger partial charge in [0.15, 0.2) is 17.3 Å². The van der Waals surface area contributed by atoms with Gasteiger partial charge < -0.3 is 9.84 Å². The zero-order chi connectivity index (χ0) is 13.2. The number of rotatable bonds is 3. The summed E-state index contributed by atoms with van der Waals surface area (Å²) < 4.78 is 52.3. The second-order valence-corrected chi connectivity index (χ2v) is 3.02. The molecule has 0 atom stereocenters. The molecule has 0 amide bonds. The molecule has 0 fully saturated rings. The van der Waals surface area contributed by atoms with Crippen molar-refractivity contribution in [3.05, 3.63) is 23.3 Å². The summed E-state index contributed by atoms with van der Waals surface area (Å²) in [5.41, 5.74) is -1.39. The summed E-state index contributed by atoms with van der Waals surface area (Å²) >= 11 is 5.24. The molecule has 0 saturated carbocycles. The van der Waals surface area contributed by atoms with Crippen LogP contribution in [0.3, 0.4) is 0 Å². The van der Waals surface area contributed by atoms with E-state index in [1.165, 1.54) is 0 Å². The Morgan fingerprint density at radius 3 is 2.53 bits per heavy atom. The Balaban J connectivity index is 3.26. The van der Waals surface area contributed by atoms with Crippen LogP contribution in [0, 0.1) is 5.82 Å². The van der Waals surface area contributed by atoms with Crippen LogP contribution in [-0.2, 0) is 5.88 Å². The highest BCUT2D eigenvalue weighted by Crippen LogP contribution is 2.29. The van der Waals surface area contributed by atoms with Gasteiger partial charge in [-0.25, -0.2) is 14.2 Å². The van der Waals surface area contributed by atoms with Gasteiger partial charge in [-0.05, 0) is 0 Å². The van der Waals surface area contributed by atoms with Crippen LogP contribution in [0.4, 0.5) is 17.6 Å². The summed E-state index contributed by atoms with van der Waals surface area (Å²) in [5, 5.41) is 8.52. The predicted octanol–water partition coefficient (Wildman–Crippen LogP) is 2.56. The van der Waals surface area contributed by atoms with Crippen molar-refractivity contribution in [1.29, 1.82) is 0 Å². The number of carbonyl (C=O) groups is 1. The summed E-state index contributed by atoms with van der Waals surface area (Å²) in [4.78, 5) is 13.7. The Morgan fingerprint density at radius 2 is 2.12 bits per heavy atom. The second-order valence-electron chi connectivity index (χ2n) is 2.75. The molecule has 4 nitrogen and oxygen atoms in total. The molecule has 0 aliphatic heterocycles. The van der Waals surface area contributed by atoms with Crippen LogP contribution in [0.25, 0.3) is 0 Å². The molecule has 0 aromatic carbocycles. The zero-order valence-electron chi connectivity index (χ0n) is 7.89. The fraction of sp³-hybridized carbons (Fsp3) is 0.250. The van der Waals surface area contributed by atoms with Gasteiger partial charge in [0.2, 0.25) is 0 Å². The minimum Gasteiger partial charge on any atom is -0.477 e. The minimum atomic E-state index is -5.12. The van der Waals surface area contributed by atoms with Gasteiger partial charge in [-0.1, -0.05) is 0 Å². The summed E-state index contributed by atoms with van der Waals surface area (Å²) in [6.07, 6.45) is -5.12. The van der Waals surface area contributed by atoms with Crippen molar-refractivity contribution >= 4 is 17.6 Å². The standard InChI is InChI=1S/C8H4ClF4NO3/c9-2-5-6(17-8(11,12)13)3(10)1-4(14-5)7(15)16/h1H,2H2,(H,15,16). The Morgan fingerprint density at radius 1 is 1.53 bits per heavy atom. The smallest absolute Gasteiger partial charge is 0.477 e. The lowest BCUT2D eigenvalue weighted by Gasteiger charge is -2.12. The number of carboxylic acid groups (broad SMARTS) is 1. The molecule has 1 aromatic heterocycles. The first kappa shape index (κ1) is 13.5. The van der Waals surface area contributed by atoms with Crippen molar-refractivity contribution in [3.63, 3.8) is 0 Å². The first-order valence-electron chi connectivity index (χ1n) is 3.99. The lowest BCUT2D eigenvalue weighted by Crippen LogP contribution is -2.20. The summed E-state index contributed by atoms with van der Waals surface area (Å²) in [5.74, 6) is -4.93. The van der Waals surface area contributed by atoms with Gasteiger partial charge in [-0.15, -0.1) is 24.8 Å². The molecule has 0 aliphatic rings. The van der Waals surface area contributed by atoms with Crippen molar-refractivity contribution in [1.82, 2.24) is 4.98 Å². The van der Waals surface area contributed by atoms with E-state index in [1.54, 1.807) is 0 Å². The molecular weight excluding hydrogens is 270 g/mol. The lowest BCUT2D eigenvalue weighted by molar-refractivity contribution is -0.276. The van der Waals surface area contributed by atoms with Crippen molar-refractivity contribution in [2.45, 2.75) is 12.2 Å². The van der Waals surface area contributed by atoms with E-state index >= 15 is 0 Å². The first-order valence-corrected chi connectivity index (χ1v) is 4.52. The SMILES string of the molecule is O=C(O)c1cc(F)c(OC(F)(F)F)c(CCl)n1. The molecule has 17 heavy (non-hydrogen) atoms. The van der Waals surface area contributed by atoms with Crippen molar-refractivity contribution < 1.29 is 32.2 Å². The molecule has 1 N–H and O–H groups in total. The molecule has 0 spiro atoms. The van der Waals surface area contributed by atoms with Gasteiger partial charge >= 0.3 is 12.3 Å². The predicted molar refractivity (Wildman–Crippen MR) is 47.4 cm³/mol. The summed E-state index contributed by atoms with van der Waals surface area (Å²) in [6.45, 7) is 0. The molecule has 0 bridgehead atoms. The largest absolute Gasteiger partial charge is 0.573 e. The third kappa shape index (κ3) is 3.45. The van der Waals surface area contributed by atoms with Crippen molar-refractivity contribution in [3.8, 4) is 5.75 Å². The number of halogens is 5. The Bertz CT molecular complexity index is 449. The Hall–Kier alpha value is -1.57. The minimum absolute atomic E-state index is 0.319. The van der Waals surface area contributed by atoms with E-state index in [9.17, 15) is 22.4 Å². The van der Waals surface area contributed by atoms with Crippen LogP contribution in [-0.4, -0.2) is 22.4 Å². The highest BCUT2D eigenvalue weighted by molar-refractivity contribution is 6.17. The molecule has 1 heterocycles. The number of pyridine rings is 1.